The second kappa shape index (κ2) is 6.13. The Morgan fingerprint density at radius 1 is 1.37 bits per heavy atom. The van der Waals surface area contributed by atoms with Crippen LogP contribution in [0.5, 0.6) is 0 Å². The van der Waals surface area contributed by atoms with E-state index in [1.807, 2.05) is 37.3 Å². The molecule has 1 aromatic carbocycles. The summed E-state index contributed by atoms with van der Waals surface area (Å²) in [6, 6.07) is 9.73. The number of nitrogens with zero attached hydrogens (tertiary/aromatic N) is 2. The molecule has 1 heterocycles. The summed E-state index contributed by atoms with van der Waals surface area (Å²) in [5.41, 5.74) is 1.06. The van der Waals surface area contributed by atoms with E-state index in [1.165, 1.54) is 0 Å². The predicted molar refractivity (Wildman–Crippen MR) is 72.7 cm³/mol. The zero-order chi connectivity index (χ0) is 13.7. The SMILES string of the molecule is CCCc1nc(C(=O)NC(C)c2ccccc2)n[nH]1. The number of H-pyrrole nitrogens is 1. The molecule has 1 aromatic heterocycles. The number of aryl methyl sites for hydroxylation is 1. The Morgan fingerprint density at radius 2 is 2.11 bits per heavy atom. The average Bonchev–Trinajstić information content (AvgIpc) is 2.89. The van der Waals surface area contributed by atoms with E-state index in [4.69, 9.17) is 0 Å². The van der Waals surface area contributed by atoms with Gasteiger partial charge in [0, 0.05) is 6.42 Å². The number of nitrogens with one attached hydrogen (secondary N) is 2. The fraction of sp³-hybridized carbons (Fsp3) is 0.357. The van der Waals surface area contributed by atoms with Gasteiger partial charge in [-0.3, -0.25) is 9.89 Å². The second-order valence-electron chi connectivity index (χ2n) is 4.46. The number of benzene rings is 1. The van der Waals surface area contributed by atoms with Crippen molar-refractivity contribution in [3.63, 3.8) is 0 Å². The summed E-state index contributed by atoms with van der Waals surface area (Å²) in [6.45, 7) is 3.99. The van der Waals surface area contributed by atoms with E-state index < -0.39 is 0 Å². The van der Waals surface area contributed by atoms with Crippen molar-refractivity contribution in [2.75, 3.05) is 0 Å². The molecule has 0 fully saturated rings. The van der Waals surface area contributed by atoms with Gasteiger partial charge in [-0.1, -0.05) is 37.3 Å². The van der Waals surface area contributed by atoms with Crippen molar-refractivity contribution < 1.29 is 4.79 Å². The van der Waals surface area contributed by atoms with Crippen molar-refractivity contribution in [2.45, 2.75) is 32.7 Å². The van der Waals surface area contributed by atoms with Gasteiger partial charge in [0.2, 0.25) is 5.82 Å². The van der Waals surface area contributed by atoms with Crippen LogP contribution in [-0.2, 0) is 6.42 Å². The van der Waals surface area contributed by atoms with E-state index in [0.717, 1.165) is 24.2 Å². The van der Waals surface area contributed by atoms with Gasteiger partial charge in [-0.15, -0.1) is 5.10 Å². The highest BCUT2D eigenvalue weighted by molar-refractivity contribution is 5.90. The third-order valence-corrected chi connectivity index (χ3v) is 2.87. The molecule has 5 nitrogen and oxygen atoms in total. The fourth-order valence-corrected chi connectivity index (χ4v) is 1.83. The normalized spacial score (nSPS) is 12.1. The van der Waals surface area contributed by atoms with E-state index in [1.54, 1.807) is 0 Å². The van der Waals surface area contributed by atoms with Crippen molar-refractivity contribution in [3.05, 3.63) is 47.5 Å². The first-order valence-electron chi connectivity index (χ1n) is 6.47. The van der Waals surface area contributed by atoms with E-state index >= 15 is 0 Å². The second-order valence-corrected chi connectivity index (χ2v) is 4.46. The molecule has 0 aliphatic carbocycles. The molecule has 1 amide bonds. The van der Waals surface area contributed by atoms with E-state index in [0.29, 0.717) is 0 Å². The minimum absolute atomic E-state index is 0.0678. The van der Waals surface area contributed by atoms with Crippen LogP contribution in [0.1, 0.15) is 48.3 Å². The summed E-state index contributed by atoms with van der Waals surface area (Å²) in [7, 11) is 0. The van der Waals surface area contributed by atoms with Crippen molar-refractivity contribution in [3.8, 4) is 0 Å². The van der Waals surface area contributed by atoms with Gasteiger partial charge in [-0.2, -0.15) is 0 Å². The molecule has 19 heavy (non-hydrogen) atoms. The largest absolute Gasteiger partial charge is 0.343 e. The van der Waals surface area contributed by atoms with Gasteiger partial charge in [0.05, 0.1) is 6.04 Å². The lowest BCUT2D eigenvalue weighted by Gasteiger charge is -2.12. The smallest absolute Gasteiger partial charge is 0.291 e. The lowest BCUT2D eigenvalue weighted by molar-refractivity contribution is 0.0929. The Morgan fingerprint density at radius 3 is 2.79 bits per heavy atom. The first-order chi connectivity index (χ1) is 9.20. The number of aromatic amines is 1. The molecule has 0 saturated heterocycles. The maximum Gasteiger partial charge on any atom is 0.291 e. The zero-order valence-electron chi connectivity index (χ0n) is 11.2. The third kappa shape index (κ3) is 3.40. The third-order valence-electron chi connectivity index (χ3n) is 2.87. The van der Waals surface area contributed by atoms with Crippen LogP contribution < -0.4 is 5.32 Å². The number of hydrogen-bond acceptors (Lipinski definition) is 3. The molecule has 0 aliphatic heterocycles. The van der Waals surface area contributed by atoms with Gasteiger partial charge in [-0.05, 0) is 18.9 Å². The predicted octanol–water partition coefficient (Wildman–Crippen LogP) is 2.25. The minimum atomic E-state index is -0.255. The van der Waals surface area contributed by atoms with Crippen molar-refractivity contribution in [1.29, 1.82) is 0 Å². The Hall–Kier alpha value is -2.17. The molecule has 1 unspecified atom stereocenters. The quantitative estimate of drug-likeness (QED) is 0.864. The first kappa shape index (κ1) is 13.3. The highest BCUT2D eigenvalue weighted by Crippen LogP contribution is 2.11. The number of rotatable bonds is 5. The summed E-state index contributed by atoms with van der Waals surface area (Å²) < 4.78 is 0. The molecule has 0 aliphatic rings. The molecule has 2 rings (SSSR count). The van der Waals surface area contributed by atoms with Crippen LogP contribution in [0.2, 0.25) is 0 Å². The molecule has 1 atom stereocenters. The molecular formula is C14H18N4O. The van der Waals surface area contributed by atoms with Gasteiger partial charge < -0.3 is 5.32 Å². The van der Waals surface area contributed by atoms with Crippen molar-refractivity contribution >= 4 is 5.91 Å². The molecule has 100 valence electrons. The van der Waals surface area contributed by atoms with Gasteiger partial charge in [-0.25, -0.2) is 4.98 Å². The van der Waals surface area contributed by atoms with Crippen LogP contribution in [0, 0.1) is 0 Å². The monoisotopic (exact) mass is 258 g/mol. The maximum absolute atomic E-state index is 12.0. The van der Waals surface area contributed by atoms with Crippen LogP contribution in [0.3, 0.4) is 0 Å². The Balaban J connectivity index is 2.00. The maximum atomic E-state index is 12.0. The van der Waals surface area contributed by atoms with Crippen LogP contribution in [0.4, 0.5) is 0 Å². The van der Waals surface area contributed by atoms with Crippen LogP contribution in [-0.4, -0.2) is 21.1 Å². The standard InChI is InChI=1S/C14H18N4O/c1-3-7-12-16-13(18-17-12)14(19)15-10(2)11-8-5-4-6-9-11/h4-6,8-10H,3,7H2,1-2H3,(H,15,19)(H,16,17,18). The minimum Gasteiger partial charge on any atom is -0.343 e. The van der Waals surface area contributed by atoms with Crippen LogP contribution in [0.15, 0.2) is 30.3 Å². The summed E-state index contributed by atoms with van der Waals surface area (Å²) >= 11 is 0. The Bertz CT molecular complexity index is 535. The lowest BCUT2D eigenvalue weighted by Crippen LogP contribution is -2.27. The number of aromatic nitrogens is 3. The van der Waals surface area contributed by atoms with Crippen molar-refractivity contribution in [1.82, 2.24) is 20.5 Å². The highest BCUT2D eigenvalue weighted by Gasteiger charge is 2.15. The molecule has 0 saturated carbocycles. The number of carbonyl (C=O) groups is 1. The molecule has 0 spiro atoms. The van der Waals surface area contributed by atoms with Gasteiger partial charge in [0.15, 0.2) is 0 Å². The topological polar surface area (TPSA) is 70.7 Å². The summed E-state index contributed by atoms with van der Waals surface area (Å²) in [5.74, 6) is 0.696. The Labute approximate surface area is 112 Å². The van der Waals surface area contributed by atoms with E-state index in [9.17, 15) is 4.79 Å². The summed E-state index contributed by atoms with van der Waals surface area (Å²) in [6.07, 6.45) is 1.77. The number of hydrogen-bond donors (Lipinski definition) is 2. The average molecular weight is 258 g/mol. The molecule has 2 N–H and O–H groups in total. The Kier molecular flexibility index (Phi) is 4.28. The van der Waals surface area contributed by atoms with Gasteiger partial charge in [0.1, 0.15) is 5.82 Å². The van der Waals surface area contributed by atoms with Crippen molar-refractivity contribution in [2.24, 2.45) is 0 Å². The van der Waals surface area contributed by atoms with Gasteiger partial charge in [0.25, 0.3) is 5.91 Å². The molecule has 5 heteroatoms. The summed E-state index contributed by atoms with van der Waals surface area (Å²) in [5, 5.41) is 9.60. The zero-order valence-corrected chi connectivity index (χ0v) is 11.2. The molecule has 2 aromatic rings. The molecule has 0 radical (unpaired) electrons. The van der Waals surface area contributed by atoms with Gasteiger partial charge >= 0.3 is 0 Å². The van der Waals surface area contributed by atoms with E-state index in [2.05, 4.69) is 27.4 Å². The van der Waals surface area contributed by atoms with Crippen LogP contribution >= 0.6 is 0 Å². The number of carbonyl (C=O) groups excluding carboxylic acids is 1. The lowest BCUT2D eigenvalue weighted by atomic mass is 10.1. The molecular weight excluding hydrogens is 240 g/mol. The van der Waals surface area contributed by atoms with E-state index in [-0.39, 0.29) is 17.8 Å². The fourth-order valence-electron chi connectivity index (χ4n) is 1.83. The summed E-state index contributed by atoms with van der Waals surface area (Å²) in [4.78, 5) is 16.2. The highest BCUT2D eigenvalue weighted by atomic mass is 16.2. The first-order valence-corrected chi connectivity index (χ1v) is 6.47. The number of amides is 1. The molecule has 0 bridgehead atoms. The van der Waals surface area contributed by atoms with Crippen LogP contribution in [0.25, 0.3) is 0 Å².